The third-order valence-electron chi connectivity index (χ3n) is 3.13. The molecule has 0 unspecified atom stereocenters. The Morgan fingerprint density at radius 1 is 1.30 bits per heavy atom. The molecule has 0 atom stereocenters. The molecule has 0 aliphatic heterocycles. The summed E-state index contributed by atoms with van der Waals surface area (Å²) in [4.78, 5) is 21.5. The van der Waals surface area contributed by atoms with Crippen molar-refractivity contribution >= 4 is 21.6 Å². The topological polar surface area (TPSA) is 55.0 Å². The van der Waals surface area contributed by atoms with Gasteiger partial charge in [0.05, 0.1) is 5.39 Å². The zero-order valence-corrected chi connectivity index (χ0v) is 12.1. The summed E-state index contributed by atoms with van der Waals surface area (Å²) in [7, 11) is 1.58. The van der Waals surface area contributed by atoms with Gasteiger partial charge in [0.2, 0.25) is 0 Å². The lowest BCUT2D eigenvalue weighted by Gasteiger charge is -2.02. The first-order valence-corrected chi connectivity index (χ1v) is 7.09. The lowest BCUT2D eigenvalue weighted by atomic mass is 10.0. The molecule has 3 rings (SSSR count). The van der Waals surface area contributed by atoms with Crippen molar-refractivity contribution in [3.63, 3.8) is 0 Å². The van der Waals surface area contributed by atoms with Crippen molar-refractivity contribution < 1.29 is 4.74 Å². The number of hydrogen-bond donors (Lipinski definition) is 1. The SMILES string of the molecule is COCc1nc2sc(C)c(-c3ccccc3)c2c(=O)[nH]1. The fourth-order valence-corrected chi connectivity index (χ4v) is 3.39. The van der Waals surface area contributed by atoms with E-state index in [0.717, 1.165) is 20.8 Å². The van der Waals surface area contributed by atoms with Crippen LogP contribution in [0.4, 0.5) is 0 Å². The van der Waals surface area contributed by atoms with E-state index in [2.05, 4.69) is 9.97 Å². The Bertz CT molecular complexity index is 806. The summed E-state index contributed by atoms with van der Waals surface area (Å²) in [6, 6.07) is 9.93. The van der Waals surface area contributed by atoms with E-state index in [1.807, 2.05) is 37.3 Å². The normalized spacial score (nSPS) is 11.1. The zero-order valence-electron chi connectivity index (χ0n) is 11.3. The van der Waals surface area contributed by atoms with Gasteiger partial charge in [0, 0.05) is 17.6 Å². The number of nitrogens with zero attached hydrogens (tertiary/aromatic N) is 1. The number of fused-ring (bicyclic) bond motifs is 1. The number of benzene rings is 1. The van der Waals surface area contributed by atoms with E-state index in [4.69, 9.17) is 4.74 Å². The maximum atomic E-state index is 12.3. The molecule has 20 heavy (non-hydrogen) atoms. The van der Waals surface area contributed by atoms with Gasteiger partial charge in [-0.05, 0) is 12.5 Å². The van der Waals surface area contributed by atoms with Gasteiger partial charge in [-0.15, -0.1) is 11.3 Å². The number of aryl methyl sites for hydroxylation is 1. The average molecular weight is 286 g/mol. The summed E-state index contributed by atoms with van der Waals surface area (Å²) < 4.78 is 5.03. The number of thiophene rings is 1. The van der Waals surface area contributed by atoms with Crippen molar-refractivity contribution in [3.05, 3.63) is 51.4 Å². The van der Waals surface area contributed by atoms with Crippen molar-refractivity contribution in [2.45, 2.75) is 13.5 Å². The summed E-state index contributed by atoms with van der Waals surface area (Å²) in [6.07, 6.45) is 0. The average Bonchev–Trinajstić information content (AvgIpc) is 2.77. The number of methoxy groups -OCH3 is 1. The van der Waals surface area contributed by atoms with Crippen LogP contribution >= 0.6 is 11.3 Å². The molecule has 2 heterocycles. The number of hydrogen-bond acceptors (Lipinski definition) is 4. The van der Waals surface area contributed by atoms with Crippen LogP contribution in [0.5, 0.6) is 0 Å². The quantitative estimate of drug-likeness (QED) is 0.805. The van der Waals surface area contributed by atoms with Gasteiger partial charge in [-0.25, -0.2) is 4.98 Å². The minimum atomic E-state index is -0.106. The van der Waals surface area contributed by atoms with E-state index < -0.39 is 0 Å². The largest absolute Gasteiger partial charge is 0.377 e. The van der Waals surface area contributed by atoms with Gasteiger partial charge in [0.1, 0.15) is 17.3 Å². The van der Waals surface area contributed by atoms with E-state index in [-0.39, 0.29) is 5.56 Å². The van der Waals surface area contributed by atoms with Crippen molar-refractivity contribution in [2.24, 2.45) is 0 Å². The van der Waals surface area contributed by atoms with Crippen LogP contribution in [0, 0.1) is 6.92 Å². The van der Waals surface area contributed by atoms with Gasteiger partial charge in [0.25, 0.3) is 5.56 Å². The van der Waals surface area contributed by atoms with E-state index in [1.54, 1.807) is 18.4 Å². The predicted octanol–water partition coefficient (Wildman–Crippen LogP) is 3.11. The Morgan fingerprint density at radius 3 is 2.75 bits per heavy atom. The molecule has 0 saturated carbocycles. The lowest BCUT2D eigenvalue weighted by molar-refractivity contribution is 0.178. The van der Waals surface area contributed by atoms with Crippen molar-refractivity contribution in [2.75, 3.05) is 7.11 Å². The number of H-pyrrole nitrogens is 1. The fraction of sp³-hybridized carbons (Fsp3) is 0.200. The molecule has 2 aromatic heterocycles. The molecular formula is C15H14N2O2S. The summed E-state index contributed by atoms with van der Waals surface area (Å²) in [6.45, 7) is 2.33. The highest BCUT2D eigenvalue weighted by molar-refractivity contribution is 7.19. The monoisotopic (exact) mass is 286 g/mol. The van der Waals surface area contributed by atoms with Crippen LogP contribution in [0.2, 0.25) is 0 Å². The van der Waals surface area contributed by atoms with Crippen LogP contribution in [0.1, 0.15) is 10.7 Å². The number of rotatable bonds is 3. The minimum Gasteiger partial charge on any atom is -0.377 e. The Labute approximate surface area is 120 Å². The molecule has 0 saturated heterocycles. The molecule has 5 heteroatoms. The third-order valence-corrected chi connectivity index (χ3v) is 4.13. The molecule has 4 nitrogen and oxygen atoms in total. The molecule has 0 aliphatic rings. The second-order valence-electron chi connectivity index (χ2n) is 4.53. The summed E-state index contributed by atoms with van der Waals surface area (Å²) in [5.74, 6) is 0.561. The highest BCUT2D eigenvalue weighted by Crippen LogP contribution is 2.35. The van der Waals surface area contributed by atoms with E-state index in [1.165, 1.54) is 0 Å². The van der Waals surface area contributed by atoms with Crippen LogP contribution in [0.3, 0.4) is 0 Å². The summed E-state index contributed by atoms with van der Waals surface area (Å²) in [5, 5.41) is 0.665. The van der Waals surface area contributed by atoms with Crippen molar-refractivity contribution in [3.8, 4) is 11.1 Å². The maximum absolute atomic E-state index is 12.3. The maximum Gasteiger partial charge on any atom is 0.260 e. The number of nitrogens with one attached hydrogen (secondary N) is 1. The Kier molecular flexibility index (Phi) is 3.38. The fourth-order valence-electron chi connectivity index (χ4n) is 2.32. The zero-order chi connectivity index (χ0) is 14.1. The van der Waals surface area contributed by atoms with Gasteiger partial charge in [-0.3, -0.25) is 4.79 Å². The molecule has 0 bridgehead atoms. The lowest BCUT2D eigenvalue weighted by Crippen LogP contribution is -2.11. The van der Waals surface area contributed by atoms with Crippen LogP contribution < -0.4 is 5.56 Å². The molecule has 0 spiro atoms. The first kappa shape index (κ1) is 13.0. The smallest absolute Gasteiger partial charge is 0.260 e. The molecule has 1 aromatic carbocycles. The molecule has 0 amide bonds. The Hall–Kier alpha value is -1.98. The molecule has 0 aliphatic carbocycles. The molecule has 3 aromatic rings. The van der Waals surface area contributed by atoms with Gasteiger partial charge in [-0.1, -0.05) is 30.3 Å². The molecule has 102 valence electrons. The molecular weight excluding hydrogens is 272 g/mol. The number of aromatic nitrogens is 2. The summed E-state index contributed by atoms with van der Waals surface area (Å²) >= 11 is 1.54. The van der Waals surface area contributed by atoms with Crippen LogP contribution in [-0.2, 0) is 11.3 Å². The van der Waals surface area contributed by atoms with Crippen molar-refractivity contribution in [1.82, 2.24) is 9.97 Å². The highest BCUT2D eigenvalue weighted by atomic mass is 32.1. The second-order valence-corrected chi connectivity index (χ2v) is 5.73. The molecule has 0 fully saturated rings. The number of aromatic amines is 1. The van der Waals surface area contributed by atoms with Crippen molar-refractivity contribution in [1.29, 1.82) is 0 Å². The van der Waals surface area contributed by atoms with Gasteiger partial charge >= 0.3 is 0 Å². The van der Waals surface area contributed by atoms with Gasteiger partial charge in [-0.2, -0.15) is 0 Å². The standard InChI is InChI=1S/C15H14N2O2S/c1-9-12(10-6-4-3-5-7-10)13-14(18)16-11(8-19-2)17-15(13)20-9/h3-7H,8H2,1-2H3,(H,16,17,18). The summed E-state index contributed by atoms with van der Waals surface area (Å²) in [5.41, 5.74) is 1.91. The number of ether oxygens (including phenoxy) is 1. The Morgan fingerprint density at radius 2 is 2.05 bits per heavy atom. The van der Waals surface area contributed by atoms with E-state index in [0.29, 0.717) is 17.8 Å². The third kappa shape index (κ3) is 2.15. The first-order valence-electron chi connectivity index (χ1n) is 6.27. The Balaban J connectivity index is 2.29. The minimum absolute atomic E-state index is 0.106. The van der Waals surface area contributed by atoms with Crippen LogP contribution in [0.15, 0.2) is 35.1 Å². The highest BCUT2D eigenvalue weighted by Gasteiger charge is 2.16. The van der Waals surface area contributed by atoms with E-state index in [9.17, 15) is 4.79 Å². The van der Waals surface area contributed by atoms with Crippen LogP contribution in [0.25, 0.3) is 21.3 Å². The van der Waals surface area contributed by atoms with Gasteiger partial charge in [0.15, 0.2) is 0 Å². The predicted molar refractivity (Wildman–Crippen MR) is 81.1 cm³/mol. The van der Waals surface area contributed by atoms with Gasteiger partial charge < -0.3 is 9.72 Å². The molecule has 1 N–H and O–H groups in total. The second kappa shape index (κ2) is 5.19. The first-order chi connectivity index (χ1) is 9.70. The van der Waals surface area contributed by atoms with E-state index >= 15 is 0 Å². The van der Waals surface area contributed by atoms with Crippen LogP contribution in [-0.4, -0.2) is 17.1 Å². The molecule has 0 radical (unpaired) electrons.